The zero-order valence-electron chi connectivity index (χ0n) is 10.1. The van der Waals surface area contributed by atoms with E-state index in [2.05, 4.69) is 0 Å². The summed E-state index contributed by atoms with van der Waals surface area (Å²) >= 11 is 5.06. The molecule has 0 radical (unpaired) electrons. The molecule has 0 aromatic rings. The van der Waals surface area contributed by atoms with Crippen LogP contribution >= 0.6 is 12.2 Å². The maximum absolute atomic E-state index is 12.4. The first-order valence-corrected chi connectivity index (χ1v) is 7.14. The predicted octanol–water partition coefficient (Wildman–Crippen LogP) is 1.56. The Morgan fingerprint density at radius 2 is 1.88 bits per heavy atom. The van der Waals surface area contributed by atoms with Crippen molar-refractivity contribution in [1.82, 2.24) is 4.90 Å². The van der Waals surface area contributed by atoms with E-state index in [4.69, 9.17) is 18.0 Å². The smallest absolute Gasteiger partial charge is 0.225 e. The highest BCUT2D eigenvalue weighted by atomic mass is 32.1. The van der Waals surface area contributed by atoms with Crippen LogP contribution in [0.4, 0.5) is 0 Å². The molecule has 0 aromatic carbocycles. The molecule has 1 heterocycles. The highest BCUT2D eigenvalue weighted by molar-refractivity contribution is 7.80. The lowest BCUT2D eigenvalue weighted by molar-refractivity contribution is -0.137. The number of hydrogen-bond donors (Lipinski definition) is 1. The highest BCUT2D eigenvalue weighted by Crippen LogP contribution is 2.54. The van der Waals surface area contributed by atoms with E-state index in [1.807, 2.05) is 4.90 Å². The Bertz CT molecular complexity index is 347. The Balaban J connectivity index is 1.59. The van der Waals surface area contributed by atoms with Gasteiger partial charge in [-0.1, -0.05) is 12.2 Å². The number of hydrogen-bond acceptors (Lipinski definition) is 2. The molecule has 0 bridgehead atoms. The number of nitrogens with zero attached hydrogens (tertiary/aromatic N) is 1. The standard InChI is InChI=1S/C13H20N2OS/c14-12(17)8-2-1-3-15(7-8)13(16)11-5-9-4-10(9)6-11/h8-11H,1-7H2,(H2,14,17). The number of thiocarbonyl (C=S) groups is 1. The van der Waals surface area contributed by atoms with E-state index in [-0.39, 0.29) is 5.92 Å². The zero-order chi connectivity index (χ0) is 12.0. The van der Waals surface area contributed by atoms with Crippen LogP contribution in [0.5, 0.6) is 0 Å². The van der Waals surface area contributed by atoms with E-state index in [1.165, 1.54) is 6.42 Å². The second-order valence-electron chi connectivity index (χ2n) is 5.95. The van der Waals surface area contributed by atoms with Crippen LogP contribution < -0.4 is 5.73 Å². The fraction of sp³-hybridized carbons (Fsp3) is 0.846. The molecule has 3 nitrogen and oxygen atoms in total. The van der Waals surface area contributed by atoms with Gasteiger partial charge < -0.3 is 10.6 Å². The molecule has 3 unspecified atom stereocenters. The van der Waals surface area contributed by atoms with Crippen LogP contribution in [0.15, 0.2) is 0 Å². The summed E-state index contributed by atoms with van der Waals surface area (Å²) in [4.78, 5) is 15.0. The van der Waals surface area contributed by atoms with E-state index < -0.39 is 0 Å². The van der Waals surface area contributed by atoms with Gasteiger partial charge in [-0.2, -0.15) is 0 Å². The van der Waals surface area contributed by atoms with Crippen molar-refractivity contribution in [2.24, 2.45) is 29.4 Å². The first kappa shape index (κ1) is 11.5. The van der Waals surface area contributed by atoms with Crippen molar-refractivity contribution in [3.63, 3.8) is 0 Å². The minimum Gasteiger partial charge on any atom is -0.393 e. The number of carbonyl (C=O) groups excluding carboxylic acids is 1. The lowest BCUT2D eigenvalue weighted by Crippen LogP contribution is -2.45. The van der Waals surface area contributed by atoms with Gasteiger partial charge >= 0.3 is 0 Å². The third-order valence-electron chi connectivity index (χ3n) is 4.73. The minimum atomic E-state index is 0.249. The van der Waals surface area contributed by atoms with Crippen molar-refractivity contribution in [3.8, 4) is 0 Å². The molecular formula is C13H20N2OS. The first-order chi connectivity index (χ1) is 8.15. The van der Waals surface area contributed by atoms with Crippen molar-refractivity contribution in [2.45, 2.75) is 32.1 Å². The van der Waals surface area contributed by atoms with Crippen molar-refractivity contribution in [1.29, 1.82) is 0 Å². The van der Waals surface area contributed by atoms with Crippen molar-refractivity contribution in [2.75, 3.05) is 13.1 Å². The number of carbonyl (C=O) groups is 1. The minimum absolute atomic E-state index is 0.249. The fourth-order valence-corrected chi connectivity index (χ4v) is 3.78. The van der Waals surface area contributed by atoms with Crippen LogP contribution in [-0.4, -0.2) is 28.9 Å². The Kier molecular flexibility index (Phi) is 2.85. The third-order valence-corrected chi connectivity index (χ3v) is 5.06. The van der Waals surface area contributed by atoms with Gasteiger partial charge in [0, 0.05) is 24.9 Å². The summed E-state index contributed by atoms with van der Waals surface area (Å²) in [5.41, 5.74) is 5.71. The van der Waals surface area contributed by atoms with Crippen LogP contribution in [0.25, 0.3) is 0 Å². The summed E-state index contributed by atoms with van der Waals surface area (Å²) in [5.74, 6) is 2.68. The Morgan fingerprint density at radius 3 is 2.53 bits per heavy atom. The molecule has 2 N–H and O–H groups in total. The summed E-state index contributed by atoms with van der Waals surface area (Å²) < 4.78 is 0. The molecule has 3 rings (SSSR count). The quantitative estimate of drug-likeness (QED) is 0.759. The molecule has 3 aliphatic rings. The van der Waals surface area contributed by atoms with Gasteiger partial charge in [0.2, 0.25) is 5.91 Å². The maximum atomic E-state index is 12.4. The average Bonchev–Trinajstić information content (AvgIpc) is 2.95. The Labute approximate surface area is 108 Å². The van der Waals surface area contributed by atoms with Gasteiger partial charge in [0.25, 0.3) is 0 Å². The summed E-state index contributed by atoms with van der Waals surface area (Å²) in [6.07, 6.45) is 5.75. The molecule has 0 aromatic heterocycles. The molecule has 2 aliphatic carbocycles. The van der Waals surface area contributed by atoms with E-state index in [1.54, 1.807) is 0 Å². The zero-order valence-corrected chi connectivity index (χ0v) is 10.9. The molecule has 94 valence electrons. The second-order valence-corrected chi connectivity index (χ2v) is 6.42. The van der Waals surface area contributed by atoms with E-state index >= 15 is 0 Å². The van der Waals surface area contributed by atoms with Crippen LogP contribution in [-0.2, 0) is 4.79 Å². The third kappa shape index (κ3) is 2.19. The lowest BCUT2D eigenvalue weighted by atomic mass is 9.95. The Morgan fingerprint density at radius 1 is 1.18 bits per heavy atom. The molecule has 2 saturated carbocycles. The van der Waals surface area contributed by atoms with Gasteiger partial charge in [-0.3, -0.25) is 4.79 Å². The van der Waals surface area contributed by atoms with Crippen LogP contribution in [0.3, 0.4) is 0 Å². The van der Waals surface area contributed by atoms with Crippen molar-refractivity contribution < 1.29 is 4.79 Å². The molecule has 1 aliphatic heterocycles. The second kappa shape index (κ2) is 4.23. The number of likely N-dealkylation sites (tertiary alicyclic amines) is 1. The summed E-state index contributed by atoms with van der Waals surface area (Å²) in [6, 6.07) is 0. The van der Waals surface area contributed by atoms with Crippen molar-refractivity contribution >= 4 is 23.1 Å². The summed E-state index contributed by atoms with van der Waals surface area (Å²) in [6.45, 7) is 1.67. The SMILES string of the molecule is NC(=S)C1CCCN(C(=O)C2CC3CC3C2)C1. The van der Waals surface area contributed by atoms with Crippen LogP contribution in [0.1, 0.15) is 32.1 Å². The fourth-order valence-electron chi connectivity index (χ4n) is 3.58. The van der Waals surface area contributed by atoms with E-state index in [0.29, 0.717) is 16.8 Å². The number of fused-ring (bicyclic) bond motifs is 1. The molecule has 4 heteroatoms. The monoisotopic (exact) mass is 252 g/mol. The normalized spacial score (nSPS) is 39.9. The average molecular weight is 252 g/mol. The summed E-state index contributed by atoms with van der Waals surface area (Å²) in [7, 11) is 0. The largest absolute Gasteiger partial charge is 0.393 e. The van der Waals surface area contributed by atoms with Gasteiger partial charge in [0.15, 0.2) is 0 Å². The van der Waals surface area contributed by atoms with Gasteiger partial charge in [-0.15, -0.1) is 0 Å². The van der Waals surface area contributed by atoms with Crippen LogP contribution in [0, 0.1) is 23.7 Å². The number of rotatable bonds is 2. The number of piperidine rings is 1. The van der Waals surface area contributed by atoms with Gasteiger partial charge in [-0.05, 0) is 43.9 Å². The molecular weight excluding hydrogens is 232 g/mol. The molecule has 0 spiro atoms. The summed E-state index contributed by atoms with van der Waals surface area (Å²) in [5, 5.41) is 0. The van der Waals surface area contributed by atoms with E-state index in [9.17, 15) is 4.79 Å². The number of nitrogens with two attached hydrogens (primary N) is 1. The van der Waals surface area contributed by atoms with E-state index in [0.717, 1.165) is 50.6 Å². The van der Waals surface area contributed by atoms with Crippen LogP contribution in [0.2, 0.25) is 0 Å². The first-order valence-electron chi connectivity index (χ1n) is 6.73. The molecule has 3 fully saturated rings. The predicted molar refractivity (Wildman–Crippen MR) is 70.4 cm³/mol. The van der Waals surface area contributed by atoms with Crippen molar-refractivity contribution in [3.05, 3.63) is 0 Å². The molecule has 17 heavy (non-hydrogen) atoms. The topological polar surface area (TPSA) is 46.3 Å². The molecule has 1 saturated heterocycles. The van der Waals surface area contributed by atoms with Gasteiger partial charge in [0.1, 0.15) is 0 Å². The van der Waals surface area contributed by atoms with Gasteiger partial charge in [0.05, 0.1) is 4.99 Å². The molecule has 3 atom stereocenters. The maximum Gasteiger partial charge on any atom is 0.225 e. The highest BCUT2D eigenvalue weighted by Gasteiger charge is 2.49. The Hall–Kier alpha value is -0.640. The number of amides is 1. The van der Waals surface area contributed by atoms with Gasteiger partial charge in [-0.25, -0.2) is 0 Å². The lowest BCUT2D eigenvalue weighted by Gasteiger charge is -2.34. The molecule has 1 amide bonds.